The smallest absolute Gasteiger partial charge is 0.255 e. The first-order valence-electron chi connectivity index (χ1n) is 8.61. The second kappa shape index (κ2) is 6.97. The average Bonchev–Trinajstić information content (AvgIpc) is 3.23. The first-order chi connectivity index (χ1) is 13.4. The van der Waals surface area contributed by atoms with E-state index in [0.717, 1.165) is 4.90 Å². The van der Waals surface area contributed by atoms with E-state index in [4.69, 9.17) is 0 Å². The van der Waals surface area contributed by atoms with Crippen LogP contribution in [-0.4, -0.2) is 28.5 Å². The number of amides is 3. The lowest BCUT2D eigenvalue weighted by atomic mass is 10.1. The number of rotatable bonds is 4. The molecule has 3 amide bonds. The third kappa shape index (κ3) is 3.29. The predicted molar refractivity (Wildman–Crippen MR) is 106 cm³/mol. The van der Waals surface area contributed by atoms with Crippen molar-refractivity contribution in [3.8, 4) is 0 Å². The Morgan fingerprint density at radius 1 is 1.00 bits per heavy atom. The molecule has 28 heavy (non-hydrogen) atoms. The van der Waals surface area contributed by atoms with E-state index in [1.165, 1.54) is 18.3 Å². The number of fused-ring (bicyclic) bond motifs is 1. The maximum Gasteiger partial charge on any atom is 0.255 e. The summed E-state index contributed by atoms with van der Waals surface area (Å²) in [5.41, 5.74) is 2.20. The number of carbonyl (C=O) groups is 4. The van der Waals surface area contributed by atoms with E-state index in [1.54, 1.807) is 42.5 Å². The van der Waals surface area contributed by atoms with Crippen LogP contribution in [0.15, 0.2) is 42.5 Å². The maximum absolute atomic E-state index is 12.5. The standard InChI is InChI=1S/C20H15N3O4S/c1-11(24)12-2-5-14(6-3-12)21-19(27)13-4-7-15-16(10-13)28-20(22-15)23-17(25)8-9-18(23)26/h2-7,10H,8-9H2,1H3,(H,21,27). The molecular formula is C20H15N3O4S. The summed E-state index contributed by atoms with van der Waals surface area (Å²) in [6, 6.07) is 11.7. The van der Waals surface area contributed by atoms with Crippen LogP contribution in [0.1, 0.15) is 40.5 Å². The van der Waals surface area contributed by atoms with Crippen LogP contribution in [0.2, 0.25) is 0 Å². The molecule has 1 aliphatic heterocycles. The number of hydrogen-bond acceptors (Lipinski definition) is 6. The number of imide groups is 1. The van der Waals surface area contributed by atoms with Crippen molar-refractivity contribution in [3.63, 3.8) is 0 Å². The number of carbonyl (C=O) groups excluding carboxylic acids is 4. The van der Waals surface area contributed by atoms with Crippen molar-refractivity contribution in [2.45, 2.75) is 19.8 Å². The molecule has 3 aromatic rings. The van der Waals surface area contributed by atoms with Gasteiger partial charge in [-0.25, -0.2) is 9.88 Å². The molecule has 2 aromatic carbocycles. The third-order valence-corrected chi connectivity index (χ3v) is 5.43. The molecule has 4 rings (SSSR count). The fraction of sp³-hybridized carbons (Fsp3) is 0.150. The molecule has 1 aliphatic rings. The lowest BCUT2D eigenvalue weighted by molar-refractivity contribution is -0.121. The Morgan fingerprint density at radius 2 is 1.64 bits per heavy atom. The van der Waals surface area contributed by atoms with Gasteiger partial charge in [0.1, 0.15) is 0 Å². The van der Waals surface area contributed by atoms with Gasteiger partial charge < -0.3 is 5.32 Å². The highest BCUT2D eigenvalue weighted by Gasteiger charge is 2.32. The van der Waals surface area contributed by atoms with E-state index in [0.29, 0.717) is 32.2 Å². The Morgan fingerprint density at radius 3 is 2.29 bits per heavy atom. The van der Waals surface area contributed by atoms with Crippen molar-refractivity contribution in [3.05, 3.63) is 53.6 Å². The maximum atomic E-state index is 12.5. The van der Waals surface area contributed by atoms with Gasteiger partial charge in [-0.3, -0.25) is 19.2 Å². The molecule has 7 nitrogen and oxygen atoms in total. The Balaban J connectivity index is 1.57. The van der Waals surface area contributed by atoms with Crippen LogP contribution in [0.25, 0.3) is 10.2 Å². The van der Waals surface area contributed by atoms with Crippen molar-refractivity contribution in [2.75, 3.05) is 10.2 Å². The predicted octanol–water partition coefficient (Wildman–Crippen LogP) is 3.40. The van der Waals surface area contributed by atoms with Gasteiger partial charge >= 0.3 is 0 Å². The fourth-order valence-corrected chi connectivity index (χ4v) is 3.97. The van der Waals surface area contributed by atoms with Crippen LogP contribution in [0, 0.1) is 0 Å². The molecule has 0 spiro atoms. The van der Waals surface area contributed by atoms with Crippen LogP contribution < -0.4 is 10.2 Å². The van der Waals surface area contributed by atoms with Gasteiger partial charge in [0.2, 0.25) is 11.8 Å². The molecule has 8 heteroatoms. The minimum Gasteiger partial charge on any atom is -0.322 e. The van der Waals surface area contributed by atoms with Crippen molar-refractivity contribution in [1.82, 2.24) is 4.98 Å². The zero-order valence-corrected chi connectivity index (χ0v) is 15.7. The van der Waals surface area contributed by atoms with Gasteiger partial charge in [0.15, 0.2) is 10.9 Å². The molecule has 0 bridgehead atoms. The first kappa shape index (κ1) is 18.0. The number of nitrogens with one attached hydrogen (secondary N) is 1. The van der Waals surface area contributed by atoms with Crippen LogP contribution in [0.4, 0.5) is 10.8 Å². The average molecular weight is 393 g/mol. The largest absolute Gasteiger partial charge is 0.322 e. The van der Waals surface area contributed by atoms with E-state index in [9.17, 15) is 19.2 Å². The lowest BCUT2D eigenvalue weighted by Gasteiger charge is -2.07. The van der Waals surface area contributed by atoms with Gasteiger partial charge in [0, 0.05) is 29.7 Å². The number of aromatic nitrogens is 1. The van der Waals surface area contributed by atoms with Crippen LogP contribution in [-0.2, 0) is 9.59 Å². The molecule has 1 N–H and O–H groups in total. The zero-order chi connectivity index (χ0) is 19.8. The van der Waals surface area contributed by atoms with E-state index >= 15 is 0 Å². The molecule has 0 radical (unpaired) electrons. The van der Waals surface area contributed by atoms with Gasteiger partial charge in [-0.2, -0.15) is 0 Å². The summed E-state index contributed by atoms with van der Waals surface area (Å²) in [5.74, 6) is -0.855. The second-order valence-corrected chi connectivity index (χ2v) is 7.40. The molecule has 2 heterocycles. The molecule has 1 aromatic heterocycles. The lowest BCUT2D eigenvalue weighted by Crippen LogP contribution is -2.28. The minimum atomic E-state index is -0.305. The molecule has 1 fully saturated rings. The fourth-order valence-electron chi connectivity index (χ4n) is 2.93. The Kier molecular flexibility index (Phi) is 4.48. The van der Waals surface area contributed by atoms with Crippen LogP contribution >= 0.6 is 11.3 Å². The van der Waals surface area contributed by atoms with Gasteiger partial charge in [-0.05, 0) is 49.4 Å². The van der Waals surface area contributed by atoms with Crippen LogP contribution in [0.5, 0.6) is 0 Å². The molecule has 140 valence electrons. The summed E-state index contributed by atoms with van der Waals surface area (Å²) in [5, 5.41) is 3.11. The van der Waals surface area contributed by atoms with E-state index < -0.39 is 0 Å². The van der Waals surface area contributed by atoms with Crippen molar-refractivity contribution >= 4 is 55.9 Å². The van der Waals surface area contributed by atoms with E-state index in [1.807, 2.05) is 0 Å². The summed E-state index contributed by atoms with van der Waals surface area (Å²) in [6.45, 7) is 1.48. The Bertz CT molecular complexity index is 1120. The topological polar surface area (TPSA) is 96.4 Å². The highest BCUT2D eigenvalue weighted by Crippen LogP contribution is 2.32. The number of thiazole rings is 1. The summed E-state index contributed by atoms with van der Waals surface area (Å²) < 4.78 is 0.710. The first-order valence-corrected chi connectivity index (χ1v) is 9.43. The summed E-state index contributed by atoms with van der Waals surface area (Å²) in [7, 11) is 0. The number of hydrogen-bond donors (Lipinski definition) is 1. The van der Waals surface area contributed by atoms with Crippen LogP contribution in [0.3, 0.4) is 0 Å². The Labute approximate surface area is 164 Å². The monoisotopic (exact) mass is 393 g/mol. The minimum absolute atomic E-state index is 0.0423. The zero-order valence-electron chi connectivity index (χ0n) is 14.9. The normalized spacial score (nSPS) is 14.0. The van der Waals surface area contributed by atoms with Crippen molar-refractivity contribution in [2.24, 2.45) is 0 Å². The number of anilines is 2. The van der Waals surface area contributed by atoms with Gasteiger partial charge in [0.05, 0.1) is 10.2 Å². The number of nitrogens with zero attached hydrogens (tertiary/aromatic N) is 2. The molecule has 0 atom stereocenters. The molecule has 0 unspecified atom stereocenters. The summed E-state index contributed by atoms with van der Waals surface area (Å²) in [6.07, 6.45) is 0.398. The highest BCUT2D eigenvalue weighted by atomic mass is 32.1. The highest BCUT2D eigenvalue weighted by molar-refractivity contribution is 7.22. The van der Waals surface area contributed by atoms with E-state index in [2.05, 4.69) is 10.3 Å². The van der Waals surface area contributed by atoms with Crippen molar-refractivity contribution < 1.29 is 19.2 Å². The molecular weight excluding hydrogens is 378 g/mol. The van der Waals surface area contributed by atoms with Gasteiger partial charge in [-0.1, -0.05) is 11.3 Å². The van der Waals surface area contributed by atoms with Crippen molar-refractivity contribution in [1.29, 1.82) is 0 Å². The SMILES string of the molecule is CC(=O)c1ccc(NC(=O)c2ccc3nc(N4C(=O)CCC4=O)sc3c2)cc1. The number of ketones is 1. The number of Topliss-reactive ketones (excluding diaryl/α,β-unsaturated/α-hetero) is 1. The number of benzene rings is 2. The third-order valence-electron chi connectivity index (χ3n) is 4.43. The molecule has 0 aliphatic carbocycles. The summed E-state index contributed by atoms with van der Waals surface area (Å²) in [4.78, 5) is 53.1. The Hall–Kier alpha value is -3.39. The second-order valence-electron chi connectivity index (χ2n) is 6.39. The van der Waals surface area contributed by atoms with E-state index in [-0.39, 0.29) is 36.3 Å². The summed E-state index contributed by atoms with van der Waals surface area (Å²) >= 11 is 1.20. The van der Waals surface area contributed by atoms with Gasteiger partial charge in [-0.15, -0.1) is 0 Å². The quantitative estimate of drug-likeness (QED) is 0.541. The van der Waals surface area contributed by atoms with Gasteiger partial charge in [0.25, 0.3) is 5.91 Å². The molecule has 0 saturated carbocycles. The molecule has 1 saturated heterocycles.